The van der Waals surface area contributed by atoms with Crippen molar-refractivity contribution in [3.05, 3.63) is 77.1 Å². The number of carbonyl (C=O) groups excluding carboxylic acids is 1. The fourth-order valence-electron chi connectivity index (χ4n) is 3.31. The lowest BCUT2D eigenvalue weighted by atomic mass is 10.1. The molecule has 3 rings (SSSR count). The van der Waals surface area contributed by atoms with Gasteiger partial charge in [-0.2, -0.15) is 0 Å². The maximum absolute atomic E-state index is 12.9. The topological polar surface area (TPSA) is 80.0 Å². The molecule has 1 aromatic heterocycles. The van der Waals surface area contributed by atoms with Crippen molar-refractivity contribution < 1.29 is 23.8 Å². The van der Waals surface area contributed by atoms with Crippen LogP contribution in [0.25, 0.3) is 11.0 Å². The van der Waals surface area contributed by atoms with Gasteiger partial charge in [0.05, 0.1) is 0 Å². The smallest absolute Gasteiger partial charge is 0.303 e. The van der Waals surface area contributed by atoms with Crippen LogP contribution in [0.1, 0.15) is 41.4 Å². The molecule has 0 fully saturated rings. The van der Waals surface area contributed by atoms with Crippen LogP contribution in [-0.2, 0) is 11.3 Å². The van der Waals surface area contributed by atoms with Crippen molar-refractivity contribution in [3.8, 4) is 5.75 Å². The Balaban J connectivity index is 1.65. The van der Waals surface area contributed by atoms with E-state index >= 15 is 0 Å². The van der Waals surface area contributed by atoms with Crippen LogP contribution in [0.3, 0.4) is 0 Å². The summed E-state index contributed by atoms with van der Waals surface area (Å²) in [6.07, 6.45) is 2.49. The molecule has 1 heterocycles. The Bertz CT molecular complexity index is 1110. The van der Waals surface area contributed by atoms with Crippen molar-refractivity contribution in [2.24, 2.45) is 0 Å². The molecule has 6 nitrogen and oxygen atoms in total. The average Bonchev–Trinajstić information content (AvgIpc) is 3.12. The van der Waals surface area contributed by atoms with Gasteiger partial charge in [0.25, 0.3) is 5.91 Å². The number of benzene rings is 2. The Morgan fingerprint density at radius 3 is 2.68 bits per heavy atom. The van der Waals surface area contributed by atoms with Gasteiger partial charge in [0.15, 0.2) is 0 Å². The molecule has 162 valence electrons. The zero-order valence-electron chi connectivity index (χ0n) is 18.1. The summed E-state index contributed by atoms with van der Waals surface area (Å²) in [5, 5.41) is 9.68. The van der Waals surface area contributed by atoms with E-state index in [4.69, 9.17) is 14.3 Å². The van der Waals surface area contributed by atoms with E-state index in [9.17, 15) is 9.59 Å². The van der Waals surface area contributed by atoms with Gasteiger partial charge >= 0.3 is 5.97 Å². The average molecular weight is 421 g/mol. The Labute approximate surface area is 181 Å². The maximum Gasteiger partial charge on any atom is 0.303 e. The Morgan fingerprint density at radius 1 is 1.13 bits per heavy atom. The van der Waals surface area contributed by atoms with E-state index in [1.165, 1.54) is 0 Å². The second kappa shape index (κ2) is 9.98. The highest BCUT2D eigenvalue weighted by Gasteiger charge is 2.15. The first-order valence-electron chi connectivity index (χ1n) is 10.2. The zero-order valence-corrected chi connectivity index (χ0v) is 18.1. The number of carboxylic acids is 1. The zero-order chi connectivity index (χ0) is 22.4. The molecule has 3 aromatic rings. The Kier molecular flexibility index (Phi) is 7.13. The molecular formula is C25H27NO5. The number of carbonyl (C=O) groups is 2. The molecule has 2 aromatic carbocycles. The van der Waals surface area contributed by atoms with Gasteiger partial charge < -0.3 is 19.2 Å². The second-order valence-electron chi connectivity index (χ2n) is 7.63. The van der Waals surface area contributed by atoms with Gasteiger partial charge in [0, 0.05) is 36.5 Å². The number of rotatable bonds is 9. The van der Waals surface area contributed by atoms with Gasteiger partial charge in [0.1, 0.15) is 23.7 Å². The summed E-state index contributed by atoms with van der Waals surface area (Å²) in [6, 6.07) is 15.0. The van der Waals surface area contributed by atoms with Gasteiger partial charge in [-0.3, -0.25) is 9.59 Å². The highest BCUT2D eigenvalue weighted by molar-refractivity contribution is 5.97. The van der Waals surface area contributed by atoms with E-state index in [2.05, 4.69) is 0 Å². The summed E-state index contributed by atoms with van der Waals surface area (Å²) in [7, 11) is 1.76. The minimum atomic E-state index is -0.811. The van der Waals surface area contributed by atoms with Gasteiger partial charge in [-0.25, -0.2) is 0 Å². The number of aliphatic carboxylic acids is 1. The lowest BCUT2D eigenvalue weighted by Gasteiger charge is -2.19. The van der Waals surface area contributed by atoms with Gasteiger partial charge in [-0.05, 0) is 56.7 Å². The highest BCUT2D eigenvalue weighted by atomic mass is 16.5. The van der Waals surface area contributed by atoms with E-state index in [0.29, 0.717) is 30.9 Å². The number of fused-ring (bicyclic) bond motifs is 1. The molecule has 0 aliphatic carbocycles. The molecule has 0 aliphatic rings. The molecule has 1 amide bonds. The third kappa shape index (κ3) is 5.98. The summed E-state index contributed by atoms with van der Waals surface area (Å²) in [4.78, 5) is 25.3. The quantitative estimate of drug-likeness (QED) is 0.480. The first-order valence-corrected chi connectivity index (χ1v) is 10.2. The number of nitrogens with zero attached hydrogens (tertiary/aromatic N) is 1. The molecular weight excluding hydrogens is 394 g/mol. The molecule has 0 aliphatic heterocycles. The lowest BCUT2D eigenvalue weighted by Crippen LogP contribution is -2.26. The van der Waals surface area contributed by atoms with Crippen molar-refractivity contribution in [3.63, 3.8) is 0 Å². The molecule has 0 atom stereocenters. The van der Waals surface area contributed by atoms with Crippen molar-refractivity contribution in [2.45, 2.75) is 33.2 Å². The number of carboxylic acid groups (broad SMARTS) is 1. The van der Waals surface area contributed by atoms with Gasteiger partial charge in [-0.15, -0.1) is 0 Å². The minimum absolute atomic E-state index is 0.0834. The van der Waals surface area contributed by atoms with Gasteiger partial charge in [0.2, 0.25) is 0 Å². The van der Waals surface area contributed by atoms with Crippen molar-refractivity contribution in [2.75, 3.05) is 13.7 Å². The van der Waals surface area contributed by atoms with Gasteiger partial charge in [-0.1, -0.05) is 23.8 Å². The summed E-state index contributed by atoms with van der Waals surface area (Å²) in [5.74, 6) is 0.616. The third-order valence-electron chi connectivity index (χ3n) is 5.02. The summed E-state index contributed by atoms with van der Waals surface area (Å²) in [5.41, 5.74) is 3.24. The number of ether oxygens (including phenoxy) is 1. The van der Waals surface area contributed by atoms with E-state index < -0.39 is 5.97 Å². The lowest BCUT2D eigenvalue weighted by molar-refractivity contribution is -0.136. The van der Waals surface area contributed by atoms with Crippen LogP contribution in [0.4, 0.5) is 0 Å². The minimum Gasteiger partial charge on any atom is -0.489 e. The molecule has 0 saturated carbocycles. The molecule has 0 radical (unpaired) electrons. The van der Waals surface area contributed by atoms with Crippen molar-refractivity contribution in [1.82, 2.24) is 4.90 Å². The van der Waals surface area contributed by atoms with E-state index in [-0.39, 0.29) is 12.3 Å². The second-order valence-corrected chi connectivity index (χ2v) is 7.63. The predicted molar refractivity (Wildman–Crippen MR) is 119 cm³/mol. The normalized spacial score (nSPS) is 11.5. The molecule has 0 saturated heterocycles. The van der Waals surface area contributed by atoms with Crippen LogP contribution in [0.2, 0.25) is 0 Å². The van der Waals surface area contributed by atoms with Crippen LogP contribution in [0.15, 0.2) is 64.6 Å². The summed E-state index contributed by atoms with van der Waals surface area (Å²) < 4.78 is 11.5. The Hall–Kier alpha value is -3.54. The third-order valence-corrected chi connectivity index (χ3v) is 5.02. The van der Waals surface area contributed by atoms with Crippen LogP contribution >= 0.6 is 0 Å². The molecule has 6 heteroatoms. The summed E-state index contributed by atoms with van der Waals surface area (Å²) >= 11 is 0. The van der Waals surface area contributed by atoms with E-state index in [1.807, 2.05) is 62.4 Å². The SMILES string of the molecule is CC(=CCOc1ccccc1CN(C)C(=O)c1ccc2oc(C)cc2c1)CCC(=O)O. The van der Waals surface area contributed by atoms with E-state index in [0.717, 1.165) is 27.9 Å². The largest absolute Gasteiger partial charge is 0.489 e. The number of hydrogen-bond acceptors (Lipinski definition) is 4. The van der Waals surface area contributed by atoms with Crippen molar-refractivity contribution >= 4 is 22.8 Å². The number of furan rings is 1. The Morgan fingerprint density at radius 2 is 1.90 bits per heavy atom. The number of para-hydroxylation sites is 1. The van der Waals surface area contributed by atoms with Crippen molar-refractivity contribution in [1.29, 1.82) is 0 Å². The molecule has 0 spiro atoms. The number of aryl methyl sites for hydroxylation is 1. The monoisotopic (exact) mass is 421 g/mol. The summed E-state index contributed by atoms with van der Waals surface area (Å²) in [6.45, 7) is 4.52. The van der Waals surface area contributed by atoms with Crippen LogP contribution in [0, 0.1) is 6.92 Å². The first-order chi connectivity index (χ1) is 14.8. The molecule has 0 bridgehead atoms. The number of amides is 1. The maximum atomic E-state index is 12.9. The van der Waals surface area contributed by atoms with Crippen LogP contribution in [-0.4, -0.2) is 35.5 Å². The van der Waals surface area contributed by atoms with Crippen LogP contribution in [0.5, 0.6) is 5.75 Å². The first kappa shape index (κ1) is 22.2. The number of allylic oxidation sites excluding steroid dienone is 1. The molecule has 0 unspecified atom stereocenters. The fourth-order valence-corrected chi connectivity index (χ4v) is 3.31. The fraction of sp³-hybridized carbons (Fsp3) is 0.280. The predicted octanol–water partition coefficient (Wildman–Crippen LogP) is 5.20. The van der Waals surface area contributed by atoms with E-state index in [1.54, 1.807) is 18.0 Å². The number of hydrogen-bond donors (Lipinski definition) is 1. The standard InChI is InChI=1S/C25H27NO5/c1-17(8-11-24(27)28)12-13-30-22-7-5-4-6-20(22)16-26(3)25(29)19-9-10-23-21(15-19)14-18(2)31-23/h4-7,9-10,12,14-15H,8,11,13,16H2,1-3H3,(H,27,28). The van der Waals surface area contributed by atoms with Crippen LogP contribution < -0.4 is 4.74 Å². The molecule has 31 heavy (non-hydrogen) atoms. The molecule has 1 N–H and O–H groups in total. The highest BCUT2D eigenvalue weighted by Crippen LogP contribution is 2.23.